The molecule has 0 spiro atoms. The zero-order valence-corrected chi connectivity index (χ0v) is 11.3. The highest BCUT2D eigenvalue weighted by Crippen LogP contribution is 2.28. The van der Waals surface area contributed by atoms with Gasteiger partial charge in [-0.2, -0.15) is 4.31 Å². The molecule has 0 aromatic carbocycles. The van der Waals surface area contributed by atoms with Crippen LogP contribution in [0.4, 0.5) is 4.39 Å². The number of aromatic nitrogens is 1. The first-order valence-corrected chi connectivity index (χ1v) is 7.74. The molecule has 7 heteroatoms. The first-order chi connectivity index (χ1) is 9.07. The molecule has 1 aliphatic rings. The summed E-state index contributed by atoms with van der Waals surface area (Å²) in [5.74, 6) is -0.858. The lowest BCUT2D eigenvalue weighted by Gasteiger charge is -2.26. The second-order valence-electron chi connectivity index (χ2n) is 4.57. The highest BCUT2D eigenvalue weighted by molar-refractivity contribution is 7.89. The number of aliphatic hydroxyl groups is 1. The van der Waals surface area contributed by atoms with E-state index < -0.39 is 20.9 Å². The molecule has 1 aromatic rings. The van der Waals surface area contributed by atoms with E-state index in [1.807, 2.05) is 0 Å². The number of hydrogen-bond acceptors (Lipinski definition) is 4. The quantitative estimate of drug-likeness (QED) is 0.882. The number of pyridine rings is 1. The standard InChI is InChI=1S/C12H17FN2O3S/c13-11-6-3-7-14-12(11)19(17,18)15(8-9-16)10-4-1-2-5-10/h3,6-7,10,16H,1-2,4-5,8-9H2. The van der Waals surface area contributed by atoms with Crippen molar-refractivity contribution in [1.29, 1.82) is 0 Å². The third-order valence-corrected chi connectivity index (χ3v) is 5.22. The van der Waals surface area contributed by atoms with Gasteiger partial charge in [0.25, 0.3) is 10.0 Å². The van der Waals surface area contributed by atoms with Gasteiger partial charge in [0.1, 0.15) is 0 Å². The summed E-state index contributed by atoms with van der Waals surface area (Å²) >= 11 is 0. The lowest BCUT2D eigenvalue weighted by Crippen LogP contribution is -2.41. The van der Waals surface area contributed by atoms with Crippen molar-refractivity contribution < 1.29 is 17.9 Å². The zero-order chi connectivity index (χ0) is 13.9. The second kappa shape index (κ2) is 5.94. The van der Waals surface area contributed by atoms with E-state index >= 15 is 0 Å². The predicted molar refractivity (Wildman–Crippen MR) is 67.4 cm³/mol. The molecule has 1 N–H and O–H groups in total. The van der Waals surface area contributed by atoms with Crippen LogP contribution in [0.15, 0.2) is 23.4 Å². The molecule has 1 fully saturated rings. The van der Waals surface area contributed by atoms with Gasteiger partial charge in [-0.1, -0.05) is 12.8 Å². The molecule has 0 aliphatic heterocycles. The van der Waals surface area contributed by atoms with Gasteiger partial charge in [-0.15, -0.1) is 0 Å². The summed E-state index contributed by atoms with van der Waals surface area (Å²) in [7, 11) is -3.99. The van der Waals surface area contributed by atoms with E-state index in [0.29, 0.717) is 0 Å². The van der Waals surface area contributed by atoms with Crippen LogP contribution >= 0.6 is 0 Å². The lowest BCUT2D eigenvalue weighted by molar-refractivity contribution is 0.225. The molecular weight excluding hydrogens is 271 g/mol. The number of hydrogen-bond donors (Lipinski definition) is 1. The third kappa shape index (κ3) is 2.93. The molecule has 2 rings (SSSR count). The maximum absolute atomic E-state index is 13.6. The SMILES string of the molecule is O=S(=O)(c1ncccc1F)N(CCO)C1CCCC1. The maximum Gasteiger partial charge on any atom is 0.263 e. The van der Waals surface area contributed by atoms with E-state index in [1.54, 1.807) is 0 Å². The molecule has 0 unspecified atom stereocenters. The van der Waals surface area contributed by atoms with Crippen molar-refractivity contribution in [3.05, 3.63) is 24.1 Å². The Labute approximate surface area is 112 Å². The second-order valence-corrected chi connectivity index (χ2v) is 6.37. The smallest absolute Gasteiger partial charge is 0.263 e. The van der Waals surface area contributed by atoms with Gasteiger partial charge in [0.05, 0.1) is 6.61 Å². The number of halogens is 1. The fourth-order valence-corrected chi connectivity index (χ4v) is 4.12. The van der Waals surface area contributed by atoms with Crippen LogP contribution in [0.3, 0.4) is 0 Å². The first-order valence-electron chi connectivity index (χ1n) is 6.30. The van der Waals surface area contributed by atoms with Crippen LogP contribution in [-0.2, 0) is 10.0 Å². The van der Waals surface area contributed by atoms with Crippen molar-refractivity contribution in [3.8, 4) is 0 Å². The predicted octanol–water partition coefficient (Wildman–Crippen LogP) is 1.15. The van der Waals surface area contributed by atoms with Gasteiger partial charge in [0.15, 0.2) is 5.82 Å². The molecule has 1 saturated carbocycles. The zero-order valence-electron chi connectivity index (χ0n) is 10.5. The van der Waals surface area contributed by atoms with Gasteiger partial charge in [0, 0.05) is 18.8 Å². The third-order valence-electron chi connectivity index (χ3n) is 3.33. The topological polar surface area (TPSA) is 70.5 Å². The Morgan fingerprint density at radius 1 is 1.42 bits per heavy atom. The minimum Gasteiger partial charge on any atom is -0.395 e. The van der Waals surface area contributed by atoms with Crippen molar-refractivity contribution in [1.82, 2.24) is 9.29 Å². The summed E-state index contributed by atoms with van der Waals surface area (Å²) < 4.78 is 39.7. The van der Waals surface area contributed by atoms with Crippen LogP contribution in [0.25, 0.3) is 0 Å². The van der Waals surface area contributed by atoms with E-state index in [9.17, 15) is 12.8 Å². The molecule has 0 bridgehead atoms. The fraction of sp³-hybridized carbons (Fsp3) is 0.583. The van der Waals surface area contributed by atoms with Crippen LogP contribution in [0, 0.1) is 5.82 Å². The summed E-state index contributed by atoms with van der Waals surface area (Å²) in [6.45, 7) is -0.312. The highest BCUT2D eigenvalue weighted by Gasteiger charge is 2.35. The molecule has 19 heavy (non-hydrogen) atoms. The Bertz CT molecular complexity index is 530. The van der Waals surface area contributed by atoms with Crippen molar-refractivity contribution >= 4 is 10.0 Å². The van der Waals surface area contributed by atoms with Crippen LogP contribution in [-0.4, -0.2) is 42.0 Å². The van der Waals surface area contributed by atoms with Crippen LogP contribution < -0.4 is 0 Å². The summed E-state index contributed by atoms with van der Waals surface area (Å²) in [6, 6.07) is 2.25. The maximum atomic E-state index is 13.6. The Morgan fingerprint density at radius 3 is 2.68 bits per heavy atom. The van der Waals surface area contributed by atoms with Crippen LogP contribution in [0.5, 0.6) is 0 Å². The number of rotatable bonds is 5. The van der Waals surface area contributed by atoms with Gasteiger partial charge < -0.3 is 5.11 Å². The summed E-state index contributed by atoms with van der Waals surface area (Å²) in [5, 5.41) is 8.50. The van der Waals surface area contributed by atoms with E-state index in [-0.39, 0.29) is 19.2 Å². The molecule has 0 saturated heterocycles. The monoisotopic (exact) mass is 288 g/mol. The Balaban J connectivity index is 2.36. The highest BCUT2D eigenvalue weighted by atomic mass is 32.2. The molecular formula is C12H17FN2O3S. The average Bonchev–Trinajstić information content (AvgIpc) is 2.89. The van der Waals surface area contributed by atoms with Gasteiger partial charge in [-0.25, -0.2) is 17.8 Å². The van der Waals surface area contributed by atoms with Gasteiger partial charge in [-0.05, 0) is 25.0 Å². The molecule has 1 heterocycles. The molecule has 106 valence electrons. The molecule has 1 aromatic heterocycles. The normalized spacial score (nSPS) is 17.2. The number of sulfonamides is 1. The van der Waals surface area contributed by atoms with E-state index in [4.69, 9.17) is 5.11 Å². The fourth-order valence-electron chi connectivity index (χ4n) is 2.46. The molecule has 1 aliphatic carbocycles. The van der Waals surface area contributed by atoms with Crippen molar-refractivity contribution in [2.24, 2.45) is 0 Å². The van der Waals surface area contributed by atoms with Gasteiger partial charge >= 0.3 is 0 Å². The molecule has 0 atom stereocenters. The van der Waals surface area contributed by atoms with E-state index in [1.165, 1.54) is 16.6 Å². The summed E-state index contributed by atoms with van der Waals surface area (Å²) in [4.78, 5) is 3.64. The van der Waals surface area contributed by atoms with E-state index in [2.05, 4.69) is 4.98 Å². The number of nitrogens with zero attached hydrogens (tertiary/aromatic N) is 2. The summed E-state index contributed by atoms with van der Waals surface area (Å²) in [5.41, 5.74) is 0. The van der Waals surface area contributed by atoms with E-state index in [0.717, 1.165) is 31.7 Å². The first kappa shape index (κ1) is 14.4. The van der Waals surface area contributed by atoms with Crippen LogP contribution in [0.2, 0.25) is 0 Å². The largest absolute Gasteiger partial charge is 0.395 e. The molecule has 0 radical (unpaired) electrons. The van der Waals surface area contributed by atoms with Gasteiger partial charge in [-0.3, -0.25) is 0 Å². The lowest BCUT2D eigenvalue weighted by atomic mass is 10.2. The van der Waals surface area contributed by atoms with Gasteiger partial charge in [0.2, 0.25) is 5.03 Å². The minimum absolute atomic E-state index is 0.0248. The minimum atomic E-state index is -3.99. The van der Waals surface area contributed by atoms with Crippen molar-refractivity contribution in [2.75, 3.05) is 13.2 Å². The van der Waals surface area contributed by atoms with Crippen molar-refractivity contribution in [3.63, 3.8) is 0 Å². The molecule has 5 nitrogen and oxygen atoms in total. The Hall–Kier alpha value is -1.05. The number of aliphatic hydroxyl groups excluding tert-OH is 1. The molecule has 0 amide bonds. The van der Waals surface area contributed by atoms with Crippen LogP contribution in [0.1, 0.15) is 25.7 Å². The van der Waals surface area contributed by atoms with Crippen molar-refractivity contribution in [2.45, 2.75) is 36.8 Å². The Kier molecular flexibility index (Phi) is 4.49. The Morgan fingerprint density at radius 2 is 2.11 bits per heavy atom. The average molecular weight is 288 g/mol. The summed E-state index contributed by atoms with van der Waals surface area (Å²) in [6.07, 6.45) is 4.64.